The molecule has 0 saturated carbocycles. The first-order valence-corrected chi connectivity index (χ1v) is 18.6. The molecule has 1 amide bonds. The minimum atomic E-state index is -1.67. The van der Waals surface area contributed by atoms with Gasteiger partial charge in [-0.25, -0.2) is 13.6 Å². The summed E-state index contributed by atoms with van der Waals surface area (Å²) in [5, 5.41) is 14.4. The number of halogens is 2. The molecule has 4 aromatic carbocycles. The van der Waals surface area contributed by atoms with E-state index in [-0.39, 0.29) is 30.4 Å². The van der Waals surface area contributed by atoms with Crippen LogP contribution in [0, 0.1) is 18.6 Å². The van der Waals surface area contributed by atoms with Crippen molar-refractivity contribution in [1.29, 1.82) is 0 Å². The van der Waals surface area contributed by atoms with Crippen LogP contribution in [0.3, 0.4) is 0 Å². The lowest BCUT2D eigenvalue weighted by atomic mass is 10.0. The maximum Gasteiger partial charge on any atom is 0.338 e. The van der Waals surface area contributed by atoms with Crippen LogP contribution < -0.4 is 5.32 Å². The Hall–Kier alpha value is -4.56. The zero-order valence-corrected chi connectivity index (χ0v) is 30.5. The third-order valence-corrected chi connectivity index (χ3v) is 10.3. The molecule has 2 fully saturated rings. The quantitative estimate of drug-likeness (QED) is 0.142. The van der Waals surface area contributed by atoms with Crippen LogP contribution in [-0.2, 0) is 64.3 Å². The lowest BCUT2D eigenvalue weighted by molar-refractivity contribution is -0.227. The normalized spacial score (nSPS) is 25.3. The molecule has 2 N–H and O–H groups in total. The molecule has 10 nitrogen and oxygen atoms in total. The fourth-order valence-electron chi connectivity index (χ4n) is 7.26. The molecule has 55 heavy (non-hydrogen) atoms. The molecule has 8 atom stereocenters. The minimum Gasteiger partial charge on any atom is -0.454 e. The van der Waals surface area contributed by atoms with Gasteiger partial charge in [-0.15, -0.1) is 0 Å². The van der Waals surface area contributed by atoms with Crippen LogP contribution in [0.15, 0.2) is 97.1 Å². The average Bonchev–Trinajstić information content (AvgIpc) is 3.67. The molecule has 2 aliphatic heterocycles. The molecule has 3 unspecified atom stereocenters. The molecule has 0 bridgehead atoms. The smallest absolute Gasteiger partial charge is 0.338 e. The first-order chi connectivity index (χ1) is 26.7. The Morgan fingerprint density at radius 1 is 0.891 bits per heavy atom. The number of nitrogens with one attached hydrogen (secondary N) is 1. The Morgan fingerprint density at radius 2 is 1.58 bits per heavy atom. The van der Waals surface area contributed by atoms with Crippen LogP contribution in [0.2, 0.25) is 0 Å². The Balaban J connectivity index is 1.04. The lowest BCUT2D eigenvalue weighted by Crippen LogP contribution is -2.51. The van der Waals surface area contributed by atoms with Gasteiger partial charge in [-0.05, 0) is 55.0 Å². The molecule has 12 heteroatoms. The summed E-state index contributed by atoms with van der Waals surface area (Å²) in [7, 11) is 0. The van der Waals surface area contributed by atoms with Gasteiger partial charge in [0.25, 0.3) is 5.91 Å². The summed E-state index contributed by atoms with van der Waals surface area (Å²) in [6.07, 6.45) is -4.70. The molecule has 3 aliphatic rings. The number of fused-ring (bicyclic) bond motifs is 1. The summed E-state index contributed by atoms with van der Waals surface area (Å²) in [6, 6.07) is 27.0. The zero-order valence-electron chi connectivity index (χ0n) is 30.5. The number of hydrogen-bond acceptors (Lipinski definition) is 9. The van der Waals surface area contributed by atoms with Crippen LogP contribution in [-0.4, -0.2) is 66.5 Å². The zero-order chi connectivity index (χ0) is 38.3. The van der Waals surface area contributed by atoms with Gasteiger partial charge in [-0.2, -0.15) is 0 Å². The first-order valence-electron chi connectivity index (χ1n) is 18.6. The van der Waals surface area contributed by atoms with Crippen molar-refractivity contribution in [1.82, 2.24) is 5.32 Å². The largest absolute Gasteiger partial charge is 0.454 e. The monoisotopic (exact) mass is 757 g/mol. The second-order valence-electron chi connectivity index (χ2n) is 14.2. The number of aliphatic hydroxyl groups is 1. The van der Waals surface area contributed by atoms with Gasteiger partial charge in [0.15, 0.2) is 24.6 Å². The third kappa shape index (κ3) is 9.46. The van der Waals surface area contributed by atoms with Gasteiger partial charge >= 0.3 is 5.97 Å². The summed E-state index contributed by atoms with van der Waals surface area (Å²) < 4.78 is 65.0. The number of rotatable bonds is 15. The number of hydrogen-bond donors (Lipinski definition) is 2. The van der Waals surface area contributed by atoms with Gasteiger partial charge in [-0.1, -0.05) is 90.5 Å². The van der Waals surface area contributed by atoms with Crippen LogP contribution in [0.25, 0.3) is 0 Å². The average molecular weight is 758 g/mol. The number of aliphatic hydroxyl groups excluding tert-OH is 1. The predicted octanol–water partition coefficient (Wildman–Crippen LogP) is 5.94. The van der Waals surface area contributed by atoms with E-state index in [9.17, 15) is 23.5 Å². The standard InChI is InChI=1S/C43H45F2NO9/c1-26-17-19-27(20-18-26)22-50-25-31-12-8-16-36(53-31)54-35-21-28-9-2-5-13-32(28)37(35)46-42(48)41(52-24-30-11-4-7-15-34(30)45)39-38(47)40(43(49)55-39)51-23-29-10-3-6-14-33(29)44/h2-7,9-11,13-15,17-20,31,35-41,47H,8,12,16,21-25H2,1H3,(H,46,48)/t31?,35-,36?,37+,38-,39?,40+,41-/m1/s1. The summed E-state index contributed by atoms with van der Waals surface area (Å²) in [5.41, 5.74) is 4.40. The van der Waals surface area contributed by atoms with E-state index in [0.717, 1.165) is 29.5 Å². The second kappa shape index (κ2) is 17.9. The van der Waals surface area contributed by atoms with Crippen molar-refractivity contribution in [2.24, 2.45) is 0 Å². The summed E-state index contributed by atoms with van der Waals surface area (Å²) in [6.45, 7) is 2.23. The summed E-state index contributed by atoms with van der Waals surface area (Å²) in [4.78, 5) is 27.3. The van der Waals surface area contributed by atoms with E-state index >= 15 is 0 Å². The molecule has 4 aromatic rings. The van der Waals surface area contributed by atoms with Crippen molar-refractivity contribution in [2.45, 2.75) is 101 Å². The Labute approximate surface area is 318 Å². The molecule has 0 radical (unpaired) electrons. The molecule has 2 saturated heterocycles. The van der Waals surface area contributed by atoms with E-state index in [1.165, 1.54) is 42.0 Å². The predicted molar refractivity (Wildman–Crippen MR) is 195 cm³/mol. The maximum atomic E-state index is 14.7. The Bertz CT molecular complexity index is 1930. The highest BCUT2D eigenvalue weighted by molar-refractivity contribution is 5.85. The van der Waals surface area contributed by atoms with Crippen molar-refractivity contribution < 1.29 is 51.9 Å². The number of ether oxygens (including phenoxy) is 6. The first kappa shape index (κ1) is 38.7. The molecule has 2 heterocycles. The van der Waals surface area contributed by atoms with Gasteiger partial charge in [0, 0.05) is 17.5 Å². The highest BCUT2D eigenvalue weighted by Gasteiger charge is 2.52. The molecular weight excluding hydrogens is 712 g/mol. The van der Waals surface area contributed by atoms with Crippen LogP contribution in [0.1, 0.15) is 58.7 Å². The van der Waals surface area contributed by atoms with Crippen LogP contribution in [0.4, 0.5) is 8.78 Å². The van der Waals surface area contributed by atoms with Crippen molar-refractivity contribution in [2.75, 3.05) is 6.61 Å². The summed E-state index contributed by atoms with van der Waals surface area (Å²) >= 11 is 0. The minimum absolute atomic E-state index is 0.158. The van der Waals surface area contributed by atoms with Gasteiger partial charge in [0.1, 0.15) is 17.7 Å². The lowest BCUT2D eigenvalue weighted by Gasteiger charge is -2.34. The van der Waals surface area contributed by atoms with E-state index < -0.39 is 66.4 Å². The Kier molecular flexibility index (Phi) is 12.6. The number of cyclic esters (lactones) is 1. The number of esters is 1. The molecular formula is C43H45F2NO9. The number of carbonyl (C=O) groups excluding carboxylic acids is 2. The van der Waals surface area contributed by atoms with Crippen molar-refractivity contribution in [3.8, 4) is 0 Å². The highest BCUT2D eigenvalue weighted by atomic mass is 19.1. The molecule has 1 aliphatic carbocycles. The van der Waals surface area contributed by atoms with E-state index in [2.05, 4.69) is 17.4 Å². The van der Waals surface area contributed by atoms with Gasteiger partial charge < -0.3 is 38.8 Å². The van der Waals surface area contributed by atoms with Crippen LogP contribution in [0.5, 0.6) is 0 Å². The third-order valence-electron chi connectivity index (χ3n) is 10.3. The number of amides is 1. The molecule has 0 aromatic heterocycles. The number of aryl methyl sites for hydroxylation is 1. The highest BCUT2D eigenvalue weighted by Crippen LogP contribution is 2.36. The second-order valence-corrected chi connectivity index (χ2v) is 14.2. The van der Waals surface area contributed by atoms with Gasteiger partial charge in [-0.3, -0.25) is 4.79 Å². The molecule has 7 rings (SSSR count). The maximum absolute atomic E-state index is 14.7. The topological polar surface area (TPSA) is 122 Å². The van der Waals surface area contributed by atoms with Crippen molar-refractivity contribution in [3.05, 3.63) is 142 Å². The van der Waals surface area contributed by atoms with E-state index in [4.69, 9.17) is 28.4 Å². The number of carbonyl (C=O) groups is 2. The van der Waals surface area contributed by atoms with Crippen molar-refractivity contribution in [3.63, 3.8) is 0 Å². The van der Waals surface area contributed by atoms with Gasteiger partial charge in [0.05, 0.1) is 44.7 Å². The fourth-order valence-corrected chi connectivity index (χ4v) is 7.26. The summed E-state index contributed by atoms with van der Waals surface area (Å²) in [5.74, 6) is -2.76. The van der Waals surface area contributed by atoms with Gasteiger partial charge in [0.2, 0.25) is 0 Å². The van der Waals surface area contributed by atoms with Crippen LogP contribution >= 0.6 is 0 Å². The fraction of sp³-hybridized carbons (Fsp3) is 0.395. The van der Waals surface area contributed by atoms with E-state index in [1.54, 1.807) is 12.1 Å². The van der Waals surface area contributed by atoms with Crippen molar-refractivity contribution >= 4 is 11.9 Å². The van der Waals surface area contributed by atoms with E-state index in [1.807, 2.05) is 43.3 Å². The SMILES string of the molecule is Cc1ccc(COCC2CCCC(O[C@@H]3Cc4ccccc4[C@@H]3NC(=O)[C@H](OCc3ccccc3F)C3OC(=O)[C@@H](OCc4ccccc4F)[C@@H]3O)O2)cc1. The number of benzene rings is 4. The van der Waals surface area contributed by atoms with E-state index in [0.29, 0.717) is 26.1 Å². The Morgan fingerprint density at radius 3 is 2.33 bits per heavy atom. The molecule has 290 valence electrons. The molecule has 0 spiro atoms.